The summed E-state index contributed by atoms with van der Waals surface area (Å²) in [6.45, 7) is 4.16. The van der Waals surface area contributed by atoms with Gasteiger partial charge in [0.25, 0.3) is 5.56 Å². The smallest absolute Gasteiger partial charge is 0.338 e. The number of halogens is 1. The number of carbonyl (C=O) groups excluding carboxylic acids is 1. The molecule has 2 heterocycles. The van der Waals surface area contributed by atoms with E-state index in [0.29, 0.717) is 38.7 Å². The van der Waals surface area contributed by atoms with E-state index in [1.165, 1.54) is 18.4 Å². The van der Waals surface area contributed by atoms with Crippen LogP contribution < -0.4 is 24.4 Å². The first-order valence-electron chi connectivity index (χ1n) is 10.6. The molecule has 0 radical (unpaired) electrons. The van der Waals surface area contributed by atoms with Gasteiger partial charge in [0.05, 0.1) is 46.2 Å². The van der Waals surface area contributed by atoms with Gasteiger partial charge in [-0.1, -0.05) is 41.7 Å². The Morgan fingerprint density at radius 1 is 1.24 bits per heavy atom. The van der Waals surface area contributed by atoms with Crippen LogP contribution in [0, 0.1) is 3.57 Å². The minimum absolute atomic E-state index is 0.227. The second-order valence-electron chi connectivity index (χ2n) is 7.45. The molecule has 1 unspecified atom stereocenters. The summed E-state index contributed by atoms with van der Waals surface area (Å²) >= 11 is 3.47. The Balaban J connectivity index is 1.94. The molecule has 3 aromatic rings. The molecule has 0 saturated carbocycles. The van der Waals surface area contributed by atoms with Gasteiger partial charge >= 0.3 is 5.97 Å². The third-order valence-corrected chi connectivity index (χ3v) is 7.16. The van der Waals surface area contributed by atoms with Crippen LogP contribution in [0.15, 0.2) is 63.5 Å². The van der Waals surface area contributed by atoms with Gasteiger partial charge in [0.1, 0.15) is 0 Å². The molecule has 1 atom stereocenters. The molecule has 1 aromatic heterocycles. The number of allylic oxidation sites excluding steroid dienone is 1. The van der Waals surface area contributed by atoms with Gasteiger partial charge in [0, 0.05) is 0 Å². The fourth-order valence-electron chi connectivity index (χ4n) is 3.93. The molecule has 0 spiro atoms. The van der Waals surface area contributed by atoms with Crippen molar-refractivity contribution in [1.82, 2.24) is 4.57 Å². The Morgan fingerprint density at radius 3 is 2.62 bits per heavy atom. The highest BCUT2D eigenvalue weighted by Crippen LogP contribution is 2.34. The Bertz CT molecular complexity index is 1460. The largest absolute Gasteiger partial charge is 0.492 e. The Morgan fingerprint density at radius 2 is 1.97 bits per heavy atom. The van der Waals surface area contributed by atoms with E-state index in [2.05, 4.69) is 27.6 Å². The lowest BCUT2D eigenvalue weighted by atomic mass is 9.96. The van der Waals surface area contributed by atoms with Crippen molar-refractivity contribution in [1.29, 1.82) is 0 Å². The van der Waals surface area contributed by atoms with Gasteiger partial charge in [-0.2, -0.15) is 0 Å². The van der Waals surface area contributed by atoms with E-state index in [0.717, 1.165) is 14.7 Å². The standard InChI is InChI=1S/C25H23IN2O5S/c1-5-33-18-12-15(11-17(26)22(18)31-3)13-19-23(29)28-21(16-9-7-6-8-10-16)20(24(30)32-4)14(2)27-25(28)34-19/h6-13,21H,5H2,1-4H3. The van der Waals surface area contributed by atoms with Crippen molar-refractivity contribution in [3.8, 4) is 11.5 Å². The molecular formula is C25H23IN2O5S. The molecule has 0 saturated heterocycles. The minimum atomic E-state index is -0.623. The van der Waals surface area contributed by atoms with Crippen LogP contribution in [-0.2, 0) is 9.53 Å². The third kappa shape index (κ3) is 4.41. The average molecular weight is 590 g/mol. The van der Waals surface area contributed by atoms with Crippen LogP contribution in [0.4, 0.5) is 0 Å². The number of fused-ring (bicyclic) bond motifs is 1. The number of nitrogens with zero attached hydrogens (tertiary/aromatic N) is 2. The van der Waals surface area contributed by atoms with Gasteiger partial charge in [0.2, 0.25) is 0 Å². The van der Waals surface area contributed by atoms with Crippen molar-refractivity contribution >= 4 is 46.0 Å². The summed E-state index contributed by atoms with van der Waals surface area (Å²) < 4.78 is 19.2. The van der Waals surface area contributed by atoms with E-state index in [1.807, 2.05) is 55.5 Å². The number of hydrogen-bond acceptors (Lipinski definition) is 7. The van der Waals surface area contributed by atoms with Crippen molar-refractivity contribution in [3.05, 3.63) is 88.1 Å². The van der Waals surface area contributed by atoms with Crippen molar-refractivity contribution < 1.29 is 19.0 Å². The number of benzene rings is 2. The van der Waals surface area contributed by atoms with Crippen LogP contribution in [0.3, 0.4) is 0 Å². The molecule has 0 amide bonds. The molecule has 0 fully saturated rings. The monoisotopic (exact) mass is 590 g/mol. The van der Waals surface area contributed by atoms with Gasteiger partial charge in [-0.15, -0.1) is 0 Å². The zero-order valence-electron chi connectivity index (χ0n) is 19.1. The molecule has 0 bridgehead atoms. The Kier molecular flexibility index (Phi) is 7.22. The van der Waals surface area contributed by atoms with Gasteiger partial charge in [-0.3, -0.25) is 9.36 Å². The zero-order valence-corrected chi connectivity index (χ0v) is 22.1. The van der Waals surface area contributed by atoms with Crippen LogP contribution in [-0.4, -0.2) is 31.4 Å². The first-order chi connectivity index (χ1) is 16.4. The second kappa shape index (κ2) is 10.1. The van der Waals surface area contributed by atoms with E-state index in [9.17, 15) is 9.59 Å². The first kappa shape index (κ1) is 24.2. The van der Waals surface area contributed by atoms with Crippen LogP contribution in [0.1, 0.15) is 31.0 Å². The lowest BCUT2D eigenvalue weighted by molar-refractivity contribution is -0.136. The number of ether oxygens (including phenoxy) is 3. The van der Waals surface area contributed by atoms with Gasteiger partial charge in [-0.05, 0) is 65.8 Å². The summed E-state index contributed by atoms with van der Waals surface area (Å²) in [6.07, 6.45) is 1.81. The first-order valence-corrected chi connectivity index (χ1v) is 12.4. The number of aromatic nitrogens is 1. The van der Waals surface area contributed by atoms with E-state index >= 15 is 0 Å². The number of esters is 1. The van der Waals surface area contributed by atoms with Gasteiger partial charge in [-0.25, -0.2) is 9.79 Å². The summed E-state index contributed by atoms with van der Waals surface area (Å²) in [7, 11) is 2.93. The van der Waals surface area contributed by atoms with Crippen LogP contribution in [0.25, 0.3) is 6.08 Å². The summed E-state index contributed by atoms with van der Waals surface area (Å²) in [5.74, 6) is 0.765. The highest BCUT2D eigenvalue weighted by atomic mass is 127. The molecule has 176 valence electrons. The maximum absolute atomic E-state index is 13.6. The zero-order chi connectivity index (χ0) is 24.4. The highest BCUT2D eigenvalue weighted by Gasteiger charge is 2.32. The van der Waals surface area contributed by atoms with Crippen molar-refractivity contribution in [2.45, 2.75) is 19.9 Å². The van der Waals surface area contributed by atoms with Crippen LogP contribution in [0.2, 0.25) is 0 Å². The second-order valence-corrected chi connectivity index (χ2v) is 9.62. The molecule has 4 rings (SSSR count). The predicted octanol–water partition coefficient (Wildman–Crippen LogP) is 3.42. The summed E-state index contributed by atoms with van der Waals surface area (Å²) in [6, 6.07) is 12.6. The molecular weight excluding hydrogens is 567 g/mol. The van der Waals surface area contributed by atoms with Gasteiger partial charge in [0.15, 0.2) is 16.3 Å². The van der Waals surface area contributed by atoms with Crippen molar-refractivity contribution in [2.24, 2.45) is 4.99 Å². The summed E-state index contributed by atoms with van der Waals surface area (Å²) in [4.78, 5) is 31.4. The topological polar surface area (TPSA) is 79.1 Å². The Hall–Kier alpha value is -2.92. The lowest BCUT2D eigenvalue weighted by Gasteiger charge is -2.24. The minimum Gasteiger partial charge on any atom is -0.492 e. The average Bonchev–Trinajstić information content (AvgIpc) is 3.12. The fourth-order valence-corrected chi connectivity index (χ4v) is 5.82. The molecule has 34 heavy (non-hydrogen) atoms. The summed E-state index contributed by atoms with van der Waals surface area (Å²) in [5, 5.41) is 0. The number of methoxy groups -OCH3 is 2. The van der Waals surface area contributed by atoms with E-state index in [4.69, 9.17) is 14.2 Å². The molecule has 1 aliphatic heterocycles. The van der Waals surface area contributed by atoms with Crippen molar-refractivity contribution in [2.75, 3.05) is 20.8 Å². The SMILES string of the molecule is CCOc1cc(C=c2sc3n(c2=O)C(c2ccccc2)C(C(=O)OC)=C(C)N=3)cc(I)c1OC. The fraction of sp³-hybridized carbons (Fsp3) is 0.240. The number of rotatable bonds is 6. The van der Waals surface area contributed by atoms with Gasteiger partial charge < -0.3 is 14.2 Å². The Labute approximate surface area is 214 Å². The highest BCUT2D eigenvalue weighted by molar-refractivity contribution is 14.1. The van der Waals surface area contributed by atoms with Crippen LogP contribution in [0.5, 0.6) is 11.5 Å². The number of thiazole rings is 1. The van der Waals surface area contributed by atoms with Crippen molar-refractivity contribution in [3.63, 3.8) is 0 Å². The molecule has 7 nitrogen and oxygen atoms in total. The van der Waals surface area contributed by atoms with E-state index < -0.39 is 12.0 Å². The summed E-state index contributed by atoms with van der Waals surface area (Å²) in [5.41, 5.74) is 2.27. The normalized spacial score (nSPS) is 15.6. The lowest BCUT2D eigenvalue weighted by Crippen LogP contribution is -2.39. The molecule has 9 heteroatoms. The maximum atomic E-state index is 13.6. The number of hydrogen-bond donors (Lipinski definition) is 0. The van der Waals surface area contributed by atoms with Crippen LogP contribution >= 0.6 is 33.9 Å². The predicted molar refractivity (Wildman–Crippen MR) is 139 cm³/mol. The quantitative estimate of drug-likeness (QED) is 0.325. The molecule has 0 N–H and O–H groups in total. The van der Waals surface area contributed by atoms with E-state index in [1.54, 1.807) is 18.6 Å². The maximum Gasteiger partial charge on any atom is 0.338 e. The third-order valence-electron chi connectivity index (χ3n) is 5.38. The molecule has 0 aliphatic carbocycles. The number of carbonyl (C=O) groups is 1. The molecule has 1 aliphatic rings. The van der Waals surface area contributed by atoms with E-state index in [-0.39, 0.29) is 5.56 Å². The molecule has 2 aromatic carbocycles.